The molecule has 3 aromatic rings. The van der Waals surface area contributed by atoms with Crippen LogP contribution in [0.5, 0.6) is 5.75 Å². The number of hydrogen-bond acceptors (Lipinski definition) is 3. The van der Waals surface area contributed by atoms with E-state index in [4.69, 9.17) is 9.47 Å². The first-order valence-corrected chi connectivity index (χ1v) is 7.61. The number of carbonyl (C=O) groups is 1. The summed E-state index contributed by atoms with van der Waals surface area (Å²) in [6.07, 6.45) is 1.87. The van der Waals surface area contributed by atoms with Crippen molar-refractivity contribution in [2.24, 2.45) is 0 Å². The molecule has 23 heavy (non-hydrogen) atoms. The van der Waals surface area contributed by atoms with Gasteiger partial charge in [0.2, 0.25) is 0 Å². The molecule has 0 saturated heterocycles. The Balaban J connectivity index is 1.98. The summed E-state index contributed by atoms with van der Waals surface area (Å²) in [6, 6.07) is 15.8. The summed E-state index contributed by atoms with van der Waals surface area (Å²) >= 11 is 0. The molecule has 0 aliphatic carbocycles. The van der Waals surface area contributed by atoms with Crippen LogP contribution >= 0.6 is 0 Å². The molecule has 0 radical (unpaired) electrons. The van der Waals surface area contributed by atoms with Crippen molar-refractivity contribution in [1.82, 2.24) is 4.57 Å². The molecule has 0 unspecified atom stereocenters. The van der Waals surface area contributed by atoms with Crippen molar-refractivity contribution in [2.45, 2.75) is 13.5 Å². The molecule has 0 spiro atoms. The van der Waals surface area contributed by atoms with Crippen LogP contribution in [-0.2, 0) is 11.3 Å². The molecule has 0 atom stereocenters. The van der Waals surface area contributed by atoms with Crippen LogP contribution in [0.15, 0.2) is 54.7 Å². The minimum absolute atomic E-state index is 0.280. The smallest absolute Gasteiger partial charge is 0.340 e. The van der Waals surface area contributed by atoms with Gasteiger partial charge in [-0.05, 0) is 30.7 Å². The third-order valence-corrected chi connectivity index (χ3v) is 3.80. The van der Waals surface area contributed by atoms with Crippen LogP contribution in [0, 0.1) is 0 Å². The molecule has 0 aliphatic heterocycles. The Hall–Kier alpha value is -2.75. The lowest BCUT2D eigenvalue weighted by atomic mass is 10.2. The Kier molecular flexibility index (Phi) is 4.33. The molecule has 0 aliphatic rings. The maximum Gasteiger partial charge on any atom is 0.340 e. The van der Waals surface area contributed by atoms with Gasteiger partial charge in [0.25, 0.3) is 0 Å². The van der Waals surface area contributed by atoms with Crippen LogP contribution in [0.2, 0.25) is 0 Å². The third kappa shape index (κ3) is 3.06. The molecule has 2 aromatic carbocycles. The zero-order chi connectivity index (χ0) is 16.2. The van der Waals surface area contributed by atoms with Crippen molar-refractivity contribution in [3.8, 4) is 5.75 Å². The SMILES string of the molecule is CCOC(=O)c1cn(Cc2ccc(OC)cc2)c2ccccc12. The van der Waals surface area contributed by atoms with Gasteiger partial charge in [-0.2, -0.15) is 0 Å². The lowest BCUT2D eigenvalue weighted by Crippen LogP contribution is -2.04. The van der Waals surface area contributed by atoms with E-state index in [0.717, 1.165) is 22.2 Å². The van der Waals surface area contributed by atoms with Crippen LogP contribution in [0.3, 0.4) is 0 Å². The fourth-order valence-electron chi connectivity index (χ4n) is 2.68. The molecule has 1 heterocycles. The third-order valence-electron chi connectivity index (χ3n) is 3.80. The standard InChI is InChI=1S/C19H19NO3/c1-3-23-19(21)17-13-20(18-7-5-4-6-16(17)18)12-14-8-10-15(22-2)11-9-14/h4-11,13H,3,12H2,1-2H3. The van der Waals surface area contributed by atoms with Crippen molar-refractivity contribution >= 4 is 16.9 Å². The normalized spacial score (nSPS) is 10.7. The van der Waals surface area contributed by atoms with Crippen LogP contribution in [-0.4, -0.2) is 24.3 Å². The van der Waals surface area contributed by atoms with Gasteiger partial charge in [-0.1, -0.05) is 30.3 Å². The number of para-hydroxylation sites is 1. The predicted molar refractivity (Wildman–Crippen MR) is 90.0 cm³/mol. The number of benzene rings is 2. The zero-order valence-corrected chi connectivity index (χ0v) is 13.3. The van der Waals surface area contributed by atoms with Gasteiger partial charge in [-0.3, -0.25) is 0 Å². The molecule has 3 rings (SSSR count). The highest BCUT2D eigenvalue weighted by Crippen LogP contribution is 2.23. The monoisotopic (exact) mass is 309 g/mol. The summed E-state index contributed by atoms with van der Waals surface area (Å²) in [5, 5.41) is 0.916. The topological polar surface area (TPSA) is 40.5 Å². The second kappa shape index (κ2) is 6.57. The molecule has 4 heteroatoms. The number of hydrogen-bond donors (Lipinski definition) is 0. The Morgan fingerprint density at radius 2 is 1.83 bits per heavy atom. The van der Waals surface area contributed by atoms with E-state index in [9.17, 15) is 4.79 Å². The van der Waals surface area contributed by atoms with Gasteiger partial charge in [0.15, 0.2) is 0 Å². The van der Waals surface area contributed by atoms with Crippen LogP contribution in [0.25, 0.3) is 10.9 Å². The molecule has 0 amide bonds. The van der Waals surface area contributed by atoms with E-state index < -0.39 is 0 Å². The molecule has 4 nitrogen and oxygen atoms in total. The summed E-state index contributed by atoms with van der Waals surface area (Å²) < 4.78 is 12.4. The minimum atomic E-state index is -0.280. The van der Waals surface area contributed by atoms with Crippen molar-refractivity contribution in [3.63, 3.8) is 0 Å². The van der Waals surface area contributed by atoms with Gasteiger partial charge in [0.1, 0.15) is 5.75 Å². The largest absolute Gasteiger partial charge is 0.497 e. The maximum absolute atomic E-state index is 12.2. The summed E-state index contributed by atoms with van der Waals surface area (Å²) in [5.74, 6) is 0.551. The average Bonchev–Trinajstić information content (AvgIpc) is 2.95. The number of nitrogens with zero attached hydrogens (tertiary/aromatic N) is 1. The number of aromatic nitrogens is 1. The minimum Gasteiger partial charge on any atom is -0.497 e. The molecule has 0 bridgehead atoms. The highest BCUT2D eigenvalue weighted by atomic mass is 16.5. The fraction of sp³-hybridized carbons (Fsp3) is 0.211. The van der Waals surface area contributed by atoms with Gasteiger partial charge in [-0.15, -0.1) is 0 Å². The number of ether oxygens (including phenoxy) is 2. The molecule has 0 N–H and O–H groups in total. The van der Waals surface area contributed by atoms with Gasteiger partial charge in [0, 0.05) is 23.6 Å². The highest BCUT2D eigenvalue weighted by molar-refractivity contribution is 6.04. The van der Waals surface area contributed by atoms with Crippen LogP contribution in [0.4, 0.5) is 0 Å². The van der Waals surface area contributed by atoms with Gasteiger partial charge in [0.05, 0.1) is 19.3 Å². The Morgan fingerprint density at radius 1 is 1.09 bits per heavy atom. The van der Waals surface area contributed by atoms with Crippen molar-refractivity contribution < 1.29 is 14.3 Å². The van der Waals surface area contributed by atoms with Crippen LogP contribution in [0.1, 0.15) is 22.8 Å². The number of rotatable bonds is 5. The predicted octanol–water partition coefficient (Wildman–Crippen LogP) is 3.87. The summed E-state index contributed by atoms with van der Waals surface area (Å²) in [7, 11) is 1.65. The molecule has 118 valence electrons. The molecule has 0 saturated carbocycles. The average molecular weight is 309 g/mol. The number of fused-ring (bicyclic) bond motifs is 1. The quantitative estimate of drug-likeness (QED) is 0.672. The molecule has 0 fully saturated rings. The fourth-order valence-corrected chi connectivity index (χ4v) is 2.68. The Bertz CT molecular complexity index is 818. The first-order chi connectivity index (χ1) is 11.2. The number of methoxy groups -OCH3 is 1. The molecular weight excluding hydrogens is 290 g/mol. The van der Waals surface area contributed by atoms with Crippen molar-refractivity contribution in [1.29, 1.82) is 0 Å². The summed E-state index contributed by atoms with van der Waals surface area (Å²) in [4.78, 5) is 12.2. The van der Waals surface area contributed by atoms with E-state index in [1.54, 1.807) is 7.11 Å². The second-order valence-electron chi connectivity index (χ2n) is 5.26. The van der Waals surface area contributed by atoms with E-state index in [0.29, 0.717) is 18.7 Å². The van der Waals surface area contributed by atoms with Crippen LogP contribution < -0.4 is 4.74 Å². The van der Waals surface area contributed by atoms with Crippen molar-refractivity contribution in [3.05, 3.63) is 65.9 Å². The van der Waals surface area contributed by atoms with E-state index in [1.165, 1.54) is 0 Å². The number of esters is 1. The summed E-state index contributed by atoms with van der Waals surface area (Å²) in [6.45, 7) is 2.87. The maximum atomic E-state index is 12.2. The van der Waals surface area contributed by atoms with Gasteiger partial charge in [-0.25, -0.2) is 4.79 Å². The van der Waals surface area contributed by atoms with E-state index in [-0.39, 0.29) is 5.97 Å². The summed E-state index contributed by atoms with van der Waals surface area (Å²) in [5.41, 5.74) is 2.77. The zero-order valence-electron chi connectivity index (χ0n) is 13.3. The van der Waals surface area contributed by atoms with Gasteiger partial charge >= 0.3 is 5.97 Å². The lowest BCUT2D eigenvalue weighted by molar-refractivity contribution is 0.0528. The van der Waals surface area contributed by atoms with E-state index in [1.807, 2.05) is 61.7 Å². The highest BCUT2D eigenvalue weighted by Gasteiger charge is 2.15. The van der Waals surface area contributed by atoms with E-state index in [2.05, 4.69) is 4.57 Å². The molecule has 1 aromatic heterocycles. The first kappa shape index (κ1) is 15.2. The van der Waals surface area contributed by atoms with Crippen molar-refractivity contribution in [2.75, 3.05) is 13.7 Å². The lowest BCUT2D eigenvalue weighted by Gasteiger charge is -2.06. The number of carbonyl (C=O) groups excluding carboxylic acids is 1. The Labute approximate surface area is 135 Å². The van der Waals surface area contributed by atoms with Gasteiger partial charge < -0.3 is 14.0 Å². The first-order valence-electron chi connectivity index (χ1n) is 7.61. The Morgan fingerprint density at radius 3 is 2.52 bits per heavy atom. The molecular formula is C19H19NO3. The second-order valence-corrected chi connectivity index (χ2v) is 5.26. The van der Waals surface area contributed by atoms with E-state index >= 15 is 0 Å².